The number of anilines is 2. The van der Waals surface area contributed by atoms with Crippen molar-refractivity contribution >= 4 is 57.0 Å². The fourth-order valence-corrected chi connectivity index (χ4v) is 5.49. The Kier molecular flexibility index (Phi) is 8.91. The van der Waals surface area contributed by atoms with E-state index >= 15 is 4.39 Å². The smallest absolute Gasteiger partial charge is 0.243 e. The maximum Gasteiger partial charge on any atom is 0.243 e. The zero-order chi connectivity index (χ0) is 31.4. The summed E-state index contributed by atoms with van der Waals surface area (Å²) in [5.41, 5.74) is 3.40. The summed E-state index contributed by atoms with van der Waals surface area (Å²) in [5.74, 6) is -1.05. The van der Waals surface area contributed by atoms with Crippen LogP contribution in [0.2, 0.25) is 0 Å². The molecular formula is C33H32ClFN6O3. The molecule has 1 aliphatic carbocycles. The highest BCUT2D eigenvalue weighted by molar-refractivity contribution is 6.30. The molecule has 0 bridgehead atoms. The summed E-state index contributed by atoms with van der Waals surface area (Å²) in [6, 6.07) is 12.9. The summed E-state index contributed by atoms with van der Waals surface area (Å²) >= 11 is 6.37. The van der Waals surface area contributed by atoms with E-state index in [0.717, 1.165) is 5.69 Å². The molecule has 0 radical (unpaired) electrons. The van der Waals surface area contributed by atoms with Gasteiger partial charge in [-0.25, -0.2) is 14.4 Å². The molecule has 0 fully saturated rings. The minimum atomic E-state index is -2.38. The third-order valence-corrected chi connectivity index (χ3v) is 7.83. The van der Waals surface area contributed by atoms with Crippen molar-refractivity contribution in [2.24, 2.45) is 0 Å². The van der Waals surface area contributed by atoms with Crippen LogP contribution >= 0.6 is 11.6 Å². The summed E-state index contributed by atoms with van der Waals surface area (Å²) in [6.45, 7) is 4.65. The molecule has 2 aromatic heterocycles. The molecule has 44 heavy (non-hydrogen) atoms. The number of fused-ring (bicyclic) bond motifs is 1. The number of hydrogen-bond donors (Lipinski definition) is 2. The second-order valence-electron chi connectivity index (χ2n) is 10.8. The number of alkyl halides is 2. The maximum atomic E-state index is 15.9. The number of benzene rings is 2. The first-order valence-corrected chi connectivity index (χ1v) is 14.5. The lowest BCUT2D eigenvalue weighted by molar-refractivity contribution is -0.138. The number of allylic oxidation sites excluding steroid dienone is 2. The maximum absolute atomic E-state index is 15.9. The molecule has 0 saturated heterocycles. The van der Waals surface area contributed by atoms with Crippen molar-refractivity contribution in [3.63, 3.8) is 0 Å². The number of hydrogen-bond acceptors (Lipinski definition) is 6. The topological polar surface area (TPSA) is 109 Å². The van der Waals surface area contributed by atoms with Gasteiger partial charge < -0.3 is 20.1 Å². The van der Waals surface area contributed by atoms with Crippen molar-refractivity contribution in [1.82, 2.24) is 24.8 Å². The van der Waals surface area contributed by atoms with Gasteiger partial charge in [0.05, 0.1) is 24.6 Å². The third-order valence-electron chi connectivity index (χ3n) is 7.39. The number of halogens is 2. The van der Waals surface area contributed by atoms with E-state index in [-0.39, 0.29) is 36.4 Å². The highest BCUT2D eigenvalue weighted by Gasteiger charge is 2.42. The Morgan fingerprint density at radius 3 is 2.50 bits per heavy atom. The number of nitrogens with zero attached hydrogens (tertiary/aromatic N) is 4. The fraction of sp³-hybridized carbons (Fsp3) is 0.242. The molecule has 11 heteroatoms. The molecule has 2 unspecified atom stereocenters. The van der Waals surface area contributed by atoms with Gasteiger partial charge in [-0.05, 0) is 44.5 Å². The number of amides is 2. The Labute approximate surface area is 259 Å². The van der Waals surface area contributed by atoms with Gasteiger partial charge in [0.1, 0.15) is 18.9 Å². The zero-order valence-electron chi connectivity index (χ0n) is 24.5. The molecule has 1 aliphatic rings. The number of carbonyl (C=O) groups is 3. The lowest BCUT2D eigenvalue weighted by atomic mass is 9.91. The lowest BCUT2D eigenvalue weighted by Crippen LogP contribution is -2.52. The Balaban J connectivity index is 1.31. The van der Waals surface area contributed by atoms with Crippen LogP contribution in [0.25, 0.3) is 16.5 Å². The third kappa shape index (κ3) is 6.55. The van der Waals surface area contributed by atoms with Crippen LogP contribution in [0.4, 0.5) is 15.8 Å². The summed E-state index contributed by atoms with van der Waals surface area (Å²) in [5, 5.41) is 4.15. The largest absolute Gasteiger partial charge is 0.353 e. The fourth-order valence-electron chi connectivity index (χ4n) is 5.19. The lowest BCUT2D eigenvalue weighted by Gasteiger charge is -2.33. The SMILES string of the molecule is CC(=O)c1cn(CC(=O)N(CC(=O)NC2C=CC=C(c3ccccc3)C2(F)Cl)C(C)C)c2ccc(Nc3cncnc3)cc12. The Morgan fingerprint density at radius 1 is 1.09 bits per heavy atom. The van der Waals surface area contributed by atoms with E-state index in [9.17, 15) is 14.4 Å². The van der Waals surface area contributed by atoms with Gasteiger partial charge in [-0.15, -0.1) is 0 Å². The van der Waals surface area contributed by atoms with Gasteiger partial charge in [-0.1, -0.05) is 60.2 Å². The molecule has 226 valence electrons. The van der Waals surface area contributed by atoms with Gasteiger partial charge >= 0.3 is 0 Å². The standard InChI is InChI=1S/C33H32ClFN6O3/c1-21(2)41(18-31(43)39-30-11-7-10-28(33(30,34)35)23-8-5-4-6-9-23)32(44)19-40-17-27(22(3)42)26-14-24(12-13-29(26)40)38-25-15-36-20-37-16-25/h4-17,20-21,30,38H,18-19H2,1-3H3,(H,39,43). The van der Waals surface area contributed by atoms with Crippen molar-refractivity contribution in [2.75, 3.05) is 11.9 Å². The van der Waals surface area contributed by atoms with Crippen molar-refractivity contribution in [2.45, 2.75) is 44.5 Å². The normalized spacial score (nSPS) is 17.8. The summed E-state index contributed by atoms with van der Waals surface area (Å²) in [4.78, 5) is 48.7. The predicted molar refractivity (Wildman–Crippen MR) is 169 cm³/mol. The minimum Gasteiger partial charge on any atom is -0.353 e. The highest BCUT2D eigenvalue weighted by Crippen LogP contribution is 2.40. The molecule has 0 spiro atoms. The molecule has 0 aliphatic heterocycles. The van der Waals surface area contributed by atoms with Crippen LogP contribution in [-0.2, 0) is 16.1 Å². The number of ketones is 1. The first kappa shape index (κ1) is 30.6. The number of aromatic nitrogens is 3. The van der Waals surface area contributed by atoms with Crippen molar-refractivity contribution in [3.8, 4) is 0 Å². The number of nitrogens with one attached hydrogen (secondary N) is 2. The predicted octanol–water partition coefficient (Wildman–Crippen LogP) is 5.66. The van der Waals surface area contributed by atoms with E-state index in [1.54, 1.807) is 73.4 Å². The van der Waals surface area contributed by atoms with Gasteiger partial charge in [0, 0.05) is 40.0 Å². The van der Waals surface area contributed by atoms with Crippen LogP contribution < -0.4 is 10.6 Å². The van der Waals surface area contributed by atoms with Gasteiger partial charge in [-0.3, -0.25) is 14.4 Å². The summed E-state index contributed by atoms with van der Waals surface area (Å²) in [7, 11) is 0. The van der Waals surface area contributed by atoms with E-state index in [1.165, 1.54) is 24.2 Å². The Bertz CT molecular complexity index is 1750. The minimum absolute atomic E-state index is 0.110. The van der Waals surface area contributed by atoms with Crippen LogP contribution in [0, 0.1) is 0 Å². The number of Topliss-reactive ketones (excluding diaryl/α,β-unsaturated/α-hetero) is 1. The Morgan fingerprint density at radius 2 is 1.82 bits per heavy atom. The second kappa shape index (κ2) is 12.8. The van der Waals surface area contributed by atoms with Crippen LogP contribution in [0.3, 0.4) is 0 Å². The van der Waals surface area contributed by atoms with Gasteiger partial charge in [0.25, 0.3) is 0 Å². The summed E-state index contributed by atoms with van der Waals surface area (Å²) in [6.07, 6.45) is 11.1. The van der Waals surface area contributed by atoms with E-state index < -0.39 is 17.1 Å². The molecule has 2 amide bonds. The second-order valence-corrected chi connectivity index (χ2v) is 11.4. The first-order chi connectivity index (χ1) is 21.0. The molecule has 0 saturated carbocycles. The van der Waals surface area contributed by atoms with Crippen LogP contribution in [0.1, 0.15) is 36.7 Å². The molecule has 4 aromatic rings. The molecule has 2 aromatic carbocycles. The highest BCUT2D eigenvalue weighted by atomic mass is 35.5. The van der Waals surface area contributed by atoms with E-state index in [4.69, 9.17) is 11.6 Å². The van der Waals surface area contributed by atoms with Crippen LogP contribution in [-0.4, -0.2) is 60.8 Å². The quantitative estimate of drug-likeness (QED) is 0.176. The average Bonchev–Trinajstić information content (AvgIpc) is 3.35. The van der Waals surface area contributed by atoms with Crippen LogP contribution in [0.15, 0.2) is 91.7 Å². The van der Waals surface area contributed by atoms with Crippen LogP contribution in [0.5, 0.6) is 0 Å². The first-order valence-electron chi connectivity index (χ1n) is 14.1. The Hall–Kier alpha value is -4.83. The monoisotopic (exact) mass is 614 g/mol. The van der Waals surface area contributed by atoms with E-state index in [1.807, 2.05) is 24.3 Å². The van der Waals surface area contributed by atoms with E-state index in [0.29, 0.717) is 27.7 Å². The van der Waals surface area contributed by atoms with E-state index in [2.05, 4.69) is 20.6 Å². The molecule has 2 N–H and O–H groups in total. The van der Waals surface area contributed by atoms with Gasteiger partial charge in [-0.2, -0.15) is 0 Å². The number of rotatable bonds is 10. The average molecular weight is 615 g/mol. The molecular weight excluding hydrogens is 583 g/mol. The van der Waals surface area contributed by atoms with Crippen molar-refractivity contribution in [1.29, 1.82) is 0 Å². The molecule has 9 nitrogen and oxygen atoms in total. The number of carbonyl (C=O) groups excluding carboxylic acids is 3. The molecule has 5 rings (SSSR count). The van der Waals surface area contributed by atoms with Gasteiger partial charge in [0.2, 0.25) is 16.9 Å². The molecule has 2 heterocycles. The van der Waals surface area contributed by atoms with Crippen molar-refractivity contribution in [3.05, 3.63) is 103 Å². The summed E-state index contributed by atoms with van der Waals surface area (Å²) < 4.78 is 17.6. The molecule has 2 atom stereocenters. The zero-order valence-corrected chi connectivity index (χ0v) is 25.3. The van der Waals surface area contributed by atoms with Gasteiger partial charge in [0.15, 0.2) is 5.78 Å². The van der Waals surface area contributed by atoms with Crippen molar-refractivity contribution < 1.29 is 18.8 Å².